The van der Waals surface area contributed by atoms with Crippen molar-refractivity contribution < 1.29 is 4.79 Å². The third-order valence-corrected chi connectivity index (χ3v) is 5.36. The van der Waals surface area contributed by atoms with E-state index in [4.69, 9.17) is 0 Å². The first kappa shape index (κ1) is 14.2. The Hall–Kier alpha value is -0.780. The summed E-state index contributed by atoms with van der Waals surface area (Å²) in [5, 5.41) is 0. The largest absolute Gasteiger partial charge is 0.306 e. The molecule has 1 heterocycles. The predicted octanol–water partition coefficient (Wildman–Crippen LogP) is 4.96. The molecular weight excluding hydrogens is 402 g/mol. The molecule has 0 saturated carbocycles. The van der Waals surface area contributed by atoms with Gasteiger partial charge in [0.2, 0.25) is 0 Å². The molecule has 0 N–H and O–H groups in total. The first-order valence-corrected chi connectivity index (χ1v) is 8.73. The maximum Gasteiger partial charge on any atom is 0.259 e. The Labute approximate surface area is 138 Å². The smallest absolute Gasteiger partial charge is 0.259 e. The zero-order valence-electron chi connectivity index (χ0n) is 10.5. The van der Waals surface area contributed by atoms with Gasteiger partial charge in [-0.05, 0) is 46.3 Å². The van der Waals surface area contributed by atoms with Crippen LogP contribution in [0.15, 0.2) is 56.3 Å². The van der Waals surface area contributed by atoms with E-state index in [1.54, 1.807) is 11.8 Å². The minimum atomic E-state index is 0.0333. The van der Waals surface area contributed by atoms with Crippen LogP contribution in [0.2, 0.25) is 0 Å². The fourth-order valence-corrected chi connectivity index (χ4v) is 3.96. The van der Waals surface area contributed by atoms with Crippen molar-refractivity contribution >= 4 is 55.2 Å². The van der Waals surface area contributed by atoms with E-state index in [1.165, 1.54) is 4.90 Å². The van der Waals surface area contributed by atoms with Crippen LogP contribution in [0, 0.1) is 0 Å². The van der Waals surface area contributed by atoms with Crippen LogP contribution < -0.4 is 4.90 Å². The number of benzene rings is 2. The molecule has 102 valence electrons. The van der Waals surface area contributed by atoms with Gasteiger partial charge >= 0.3 is 0 Å². The van der Waals surface area contributed by atoms with Gasteiger partial charge in [0.05, 0.1) is 11.3 Å². The van der Waals surface area contributed by atoms with E-state index < -0.39 is 0 Å². The molecule has 2 aromatic rings. The summed E-state index contributed by atoms with van der Waals surface area (Å²) in [4.78, 5) is 15.8. The molecule has 0 saturated heterocycles. The minimum absolute atomic E-state index is 0.0333. The number of fused-ring (bicyclic) bond motifs is 1. The molecule has 1 aliphatic rings. The first-order chi connectivity index (χ1) is 9.66. The topological polar surface area (TPSA) is 20.3 Å². The summed E-state index contributed by atoms with van der Waals surface area (Å²) in [7, 11) is 0. The maximum absolute atomic E-state index is 12.8. The average molecular weight is 413 g/mol. The van der Waals surface area contributed by atoms with Crippen molar-refractivity contribution in [1.29, 1.82) is 0 Å². The number of thioether (sulfide) groups is 1. The van der Waals surface area contributed by atoms with Crippen LogP contribution in [-0.4, -0.2) is 18.2 Å². The molecule has 0 bridgehead atoms. The molecule has 1 amide bonds. The number of halogens is 2. The second kappa shape index (κ2) is 5.92. The second-order valence-corrected chi connectivity index (χ2v) is 7.30. The highest BCUT2D eigenvalue weighted by Gasteiger charge is 2.25. The van der Waals surface area contributed by atoms with Crippen LogP contribution >= 0.6 is 43.6 Å². The van der Waals surface area contributed by atoms with Crippen molar-refractivity contribution in [2.45, 2.75) is 4.90 Å². The van der Waals surface area contributed by atoms with Crippen molar-refractivity contribution in [2.75, 3.05) is 17.2 Å². The molecule has 2 nitrogen and oxygen atoms in total. The van der Waals surface area contributed by atoms with Crippen molar-refractivity contribution in [3.05, 3.63) is 57.0 Å². The lowest BCUT2D eigenvalue weighted by molar-refractivity contribution is 0.0987. The van der Waals surface area contributed by atoms with Crippen molar-refractivity contribution in [2.24, 2.45) is 0 Å². The van der Waals surface area contributed by atoms with Crippen LogP contribution in [0.4, 0.5) is 5.69 Å². The van der Waals surface area contributed by atoms with Gasteiger partial charge in [-0.25, -0.2) is 0 Å². The lowest BCUT2D eigenvalue weighted by Crippen LogP contribution is -2.35. The van der Waals surface area contributed by atoms with Gasteiger partial charge in [0.15, 0.2) is 0 Å². The quantitative estimate of drug-likeness (QED) is 0.659. The summed E-state index contributed by atoms with van der Waals surface area (Å²) in [6.07, 6.45) is 0. The van der Waals surface area contributed by atoms with Crippen LogP contribution in [-0.2, 0) is 0 Å². The van der Waals surface area contributed by atoms with E-state index in [0.29, 0.717) is 5.56 Å². The van der Waals surface area contributed by atoms with E-state index in [0.717, 1.165) is 26.9 Å². The number of carbonyl (C=O) groups excluding carboxylic acids is 1. The molecule has 2 aromatic carbocycles. The van der Waals surface area contributed by atoms with Gasteiger partial charge in [0, 0.05) is 26.1 Å². The van der Waals surface area contributed by atoms with E-state index in [-0.39, 0.29) is 5.91 Å². The van der Waals surface area contributed by atoms with E-state index >= 15 is 0 Å². The normalized spacial score (nSPS) is 14.0. The first-order valence-electron chi connectivity index (χ1n) is 6.15. The van der Waals surface area contributed by atoms with Crippen LogP contribution in [0.25, 0.3) is 0 Å². The zero-order chi connectivity index (χ0) is 14.1. The highest BCUT2D eigenvalue weighted by Crippen LogP contribution is 2.36. The SMILES string of the molecule is O=C(c1cc(Br)ccc1Br)N1CCSc2ccccc21. The Balaban J connectivity index is 2.02. The number of rotatable bonds is 1. The number of amides is 1. The van der Waals surface area contributed by atoms with Gasteiger partial charge in [-0.1, -0.05) is 28.1 Å². The van der Waals surface area contributed by atoms with Crippen molar-refractivity contribution in [3.8, 4) is 0 Å². The zero-order valence-corrected chi connectivity index (χ0v) is 14.5. The monoisotopic (exact) mass is 411 g/mol. The molecule has 1 aliphatic heterocycles. The Kier molecular flexibility index (Phi) is 4.19. The lowest BCUT2D eigenvalue weighted by Gasteiger charge is -2.29. The van der Waals surface area contributed by atoms with Crippen LogP contribution in [0.1, 0.15) is 10.4 Å². The molecule has 0 aromatic heterocycles. The van der Waals surface area contributed by atoms with Gasteiger partial charge in [-0.2, -0.15) is 0 Å². The van der Waals surface area contributed by atoms with Crippen molar-refractivity contribution in [1.82, 2.24) is 0 Å². The maximum atomic E-state index is 12.8. The van der Waals surface area contributed by atoms with Crippen molar-refractivity contribution in [3.63, 3.8) is 0 Å². The summed E-state index contributed by atoms with van der Waals surface area (Å²) in [6.45, 7) is 0.736. The van der Waals surface area contributed by atoms with E-state index in [9.17, 15) is 4.79 Å². The molecule has 20 heavy (non-hydrogen) atoms. The van der Waals surface area contributed by atoms with Gasteiger partial charge in [0.1, 0.15) is 0 Å². The highest BCUT2D eigenvalue weighted by molar-refractivity contribution is 9.11. The molecule has 0 unspecified atom stereocenters. The number of nitrogens with zero attached hydrogens (tertiary/aromatic N) is 1. The molecule has 0 radical (unpaired) electrons. The molecule has 0 aliphatic carbocycles. The lowest BCUT2D eigenvalue weighted by atomic mass is 10.1. The Bertz CT molecular complexity index is 675. The standard InChI is InChI=1S/C15H11Br2NOS/c16-10-5-6-12(17)11(9-10)15(19)18-7-8-20-14-4-2-1-3-13(14)18/h1-6,9H,7-8H2. The summed E-state index contributed by atoms with van der Waals surface area (Å²) >= 11 is 8.69. The highest BCUT2D eigenvalue weighted by atomic mass is 79.9. The molecule has 3 rings (SSSR count). The number of anilines is 1. The molecule has 5 heteroatoms. The summed E-state index contributed by atoms with van der Waals surface area (Å²) in [5.74, 6) is 0.958. The number of carbonyl (C=O) groups is 1. The van der Waals surface area contributed by atoms with Gasteiger partial charge < -0.3 is 4.90 Å². The summed E-state index contributed by atoms with van der Waals surface area (Å²) in [6, 6.07) is 13.7. The minimum Gasteiger partial charge on any atom is -0.306 e. The van der Waals surface area contributed by atoms with Gasteiger partial charge in [-0.15, -0.1) is 11.8 Å². The van der Waals surface area contributed by atoms with Crippen LogP contribution in [0.3, 0.4) is 0 Å². The predicted molar refractivity (Wildman–Crippen MR) is 90.7 cm³/mol. The fraction of sp³-hybridized carbons (Fsp3) is 0.133. The molecule has 0 atom stereocenters. The Morgan fingerprint density at radius 1 is 1.15 bits per heavy atom. The Morgan fingerprint density at radius 3 is 2.80 bits per heavy atom. The summed E-state index contributed by atoms with van der Waals surface area (Å²) in [5.41, 5.74) is 1.68. The Morgan fingerprint density at radius 2 is 1.95 bits per heavy atom. The molecular formula is C15H11Br2NOS. The van der Waals surface area contributed by atoms with E-state index in [2.05, 4.69) is 37.9 Å². The van der Waals surface area contributed by atoms with Gasteiger partial charge in [-0.3, -0.25) is 4.79 Å². The molecule has 0 spiro atoms. The summed E-state index contributed by atoms with van der Waals surface area (Å²) < 4.78 is 1.73. The number of hydrogen-bond donors (Lipinski definition) is 0. The second-order valence-electron chi connectivity index (χ2n) is 4.40. The number of para-hydroxylation sites is 1. The average Bonchev–Trinajstić information content (AvgIpc) is 2.48. The number of hydrogen-bond acceptors (Lipinski definition) is 2. The van der Waals surface area contributed by atoms with Crippen LogP contribution in [0.5, 0.6) is 0 Å². The molecule has 0 fully saturated rings. The fourth-order valence-electron chi connectivity index (χ4n) is 2.19. The van der Waals surface area contributed by atoms with Gasteiger partial charge in [0.25, 0.3) is 5.91 Å². The third kappa shape index (κ3) is 2.67. The van der Waals surface area contributed by atoms with E-state index in [1.807, 2.05) is 41.3 Å². The third-order valence-electron chi connectivity index (χ3n) is 3.13.